The molecular weight excluding hydrogens is 178 g/mol. The van der Waals surface area contributed by atoms with Gasteiger partial charge in [0.2, 0.25) is 0 Å². The number of likely N-dealkylation sites (N-methyl/N-ethyl adjacent to an activating group) is 2. The molecule has 0 N–H and O–H groups in total. The maximum absolute atomic E-state index is 5.54. The van der Waals surface area contributed by atoms with Gasteiger partial charge >= 0.3 is 0 Å². The molecule has 0 bridgehead atoms. The van der Waals surface area contributed by atoms with Crippen molar-refractivity contribution < 1.29 is 4.74 Å². The van der Waals surface area contributed by atoms with Gasteiger partial charge in [-0.15, -0.1) is 0 Å². The van der Waals surface area contributed by atoms with Crippen LogP contribution in [0.2, 0.25) is 0 Å². The van der Waals surface area contributed by atoms with E-state index in [1.165, 1.54) is 0 Å². The number of rotatable bonds is 3. The molecule has 1 atom stereocenters. The summed E-state index contributed by atoms with van der Waals surface area (Å²) >= 11 is 0. The van der Waals surface area contributed by atoms with Gasteiger partial charge in [-0.3, -0.25) is 0 Å². The van der Waals surface area contributed by atoms with Crippen LogP contribution in [-0.2, 0) is 4.74 Å². The van der Waals surface area contributed by atoms with Gasteiger partial charge in [0, 0.05) is 19.6 Å². The second kappa shape index (κ2) is 4.64. The maximum atomic E-state index is 5.54. The summed E-state index contributed by atoms with van der Waals surface area (Å²) in [4.78, 5) is 8.71. The molecule has 1 unspecified atom stereocenters. The van der Waals surface area contributed by atoms with Crippen LogP contribution in [-0.4, -0.2) is 62.2 Å². The third-order valence-corrected chi connectivity index (χ3v) is 2.20. The Bertz CT molecular complexity index is 213. The van der Waals surface area contributed by atoms with Crippen LogP contribution in [0.3, 0.4) is 0 Å². The van der Waals surface area contributed by atoms with E-state index in [0.717, 1.165) is 19.2 Å². The quantitative estimate of drug-likeness (QED) is 0.668. The topological polar surface area (TPSA) is 28.1 Å². The predicted molar refractivity (Wildman–Crippen MR) is 58.6 cm³/mol. The Hall–Kier alpha value is -0.770. The van der Waals surface area contributed by atoms with Crippen molar-refractivity contribution in [3.63, 3.8) is 0 Å². The van der Waals surface area contributed by atoms with Crippen molar-refractivity contribution in [1.82, 2.24) is 9.80 Å². The van der Waals surface area contributed by atoms with Crippen molar-refractivity contribution in [3.8, 4) is 0 Å². The minimum atomic E-state index is 0.297. The van der Waals surface area contributed by atoms with Crippen LogP contribution in [0.25, 0.3) is 0 Å². The molecule has 0 spiro atoms. The normalized spacial score (nSPS) is 25.2. The highest BCUT2D eigenvalue weighted by Gasteiger charge is 2.28. The fraction of sp³-hybridized carbons (Fsp3) is 0.900. The SMILES string of the molecule is CC(C)N=C1OCC(CN(C)C)N1C. The summed E-state index contributed by atoms with van der Waals surface area (Å²) in [5.41, 5.74) is 0. The molecule has 4 nitrogen and oxygen atoms in total. The molecule has 1 saturated heterocycles. The molecule has 0 aromatic heterocycles. The minimum absolute atomic E-state index is 0.297. The summed E-state index contributed by atoms with van der Waals surface area (Å²) in [5, 5.41) is 0. The molecule has 14 heavy (non-hydrogen) atoms. The van der Waals surface area contributed by atoms with Crippen molar-refractivity contribution >= 4 is 6.02 Å². The van der Waals surface area contributed by atoms with E-state index in [-0.39, 0.29) is 0 Å². The standard InChI is InChI=1S/C10H21N3O/c1-8(2)11-10-13(5)9(7-14-10)6-12(3)4/h8-9H,6-7H2,1-5H3. The van der Waals surface area contributed by atoms with Gasteiger partial charge in [-0.25, -0.2) is 4.99 Å². The average molecular weight is 199 g/mol. The Morgan fingerprint density at radius 2 is 2.21 bits per heavy atom. The number of nitrogens with zero attached hydrogens (tertiary/aromatic N) is 3. The first kappa shape index (κ1) is 11.3. The number of hydrogen-bond acceptors (Lipinski definition) is 3. The van der Waals surface area contributed by atoms with Crippen molar-refractivity contribution in [2.24, 2.45) is 4.99 Å². The van der Waals surface area contributed by atoms with Crippen molar-refractivity contribution in [1.29, 1.82) is 0 Å². The van der Waals surface area contributed by atoms with Crippen LogP contribution in [0, 0.1) is 0 Å². The van der Waals surface area contributed by atoms with E-state index < -0.39 is 0 Å². The second-order valence-electron chi connectivity index (χ2n) is 4.34. The first-order valence-corrected chi connectivity index (χ1v) is 5.09. The van der Waals surface area contributed by atoms with Gasteiger partial charge in [-0.1, -0.05) is 0 Å². The minimum Gasteiger partial charge on any atom is -0.463 e. The van der Waals surface area contributed by atoms with Gasteiger partial charge in [0.05, 0.1) is 6.04 Å². The van der Waals surface area contributed by atoms with Crippen LogP contribution < -0.4 is 0 Å². The van der Waals surface area contributed by atoms with E-state index in [1.54, 1.807) is 0 Å². The van der Waals surface area contributed by atoms with E-state index in [2.05, 4.69) is 42.7 Å². The molecule has 0 amide bonds. The van der Waals surface area contributed by atoms with E-state index in [1.807, 2.05) is 7.05 Å². The largest absolute Gasteiger partial charge is 0.463 e. The number of aliphatic imine (C=N–C) groups is 1. The van der Waals surface area contributed by atoms with Crippen molar-refractivity contribution in [3.05, 3.63) is 0 Å². The van der Waals surface area contributed by atoms with Gasteiger partial charge in [0.1, 0.15) is 6.61 Å². The molecule has 1 fully saturated rings. The lowest BCUT2D eigenvalue weighted by Gasteiger charge is -2.21. The van der Waals surface area contributed by atoms with Crippen molar-refractivity contribution in [2.75, 3.05) is 34.3 Å². The molecule has 82 valence electrons. The lowest BCUT2D eigenvalue weighted by molar-refractivity contribution is 0.262. The van der Waals surface area contributed by atoms with Crippen LogP contribution in [0.1, 0.15) is 13.8 Å². The molecular formula is C10H21N3O. The Balaban J connectivity index is 2.55. The highest BCUT2D eigenvalue weighted by Crippen LogP contribution is 2.11. The first-order chi connectivity index (χ1) is 6.50. The van der Waals surface area contributed by atoms with Crippen LogP contribution in [0.5, 0.6) is 0 Å². The smallest absolute Gasteiger partial charge is 0.287 e. The number of hydrogen-bond donors (Lipinski definition) is 0. The lowest BCUT2D eigenvalue weighted by Crippen LogP contribution is -2.38. The zero-order chi connectivity index (χ0) is 10.7. The summed E-state index contributed by atoms with van der Waals surface area (Å²) in [6.45, 7) is 5.88. The Morgan fingerprint density at radius 1 is 1.57 bits per heavy atom. The Morgan fingerprint density at radius 3 is 2.71 bits per heavy atom. The molecule has 4 heteroatoms. The Labute approximate surface area is 86.5 Å². The van der Waals surface area contributed by atoms with E-state index >= 15 is 0 Å². The molecule has 1 aliphatic rings. The fourth-order valence-corrected chi connectivity index (χ4v) is 1.49. The zero-order valence-corrected chi connectivity index (χ0v) is 9.82. The molecule has 0 saturated carbocycles. The van der Waals surface area contributed by atoms with Gasteiger partial charge in [0.15, 0.2) is 0 Å². The third kappa shape index (κ3) is 2.87. The monoisotopic (exact) mass is 199 g/mol. The van der Waals surface area contributed by atoms with Gasteiger partial charge < -0.3 is 14.5 Å². The van der Waals surface area contributed by atoms with Crippen LogP contribution >= 0.6 is 0 Å². The zero-order valence-electron chi connectivity index (χ0n) is 9.82. The molecule has 0 aliphatic carbocycles. The molecule has 0 radical (unpaired) electrons. The number of ether oxygens (including phenoxy) is 1. The highest BCUT2D eigenvalue weighted by molar-refractivity contribution is 5.75. The fourth-order valence-electron chi connectivity index (χ4n) is 1.49. The summed E-state index contributed by atoms with van der Waals surface area (Å²) < 4.78 is 5.54. The van der Waals surface area contributed by atoms with Gasteiger partial charge in [-0.05, 0) is 27.9 Å². The summed E-state index contributed by atoms with van der Waals surface area (Å²) in [6, 6.07) is 1.51. The molecule has 0 aromatic carbocycles. The molecule has 1 heterocycles. The van der Waals surface area contributed by atoms with Crippen LogP contribution in [0.4, 0.5) is 0 Å². The number of amidine groups is 1. The van der Waals surface area contributed by atoms with Crippen molar-refractivity contribution in [2.45, 2.75) is 25.9 Å². The van der Waals surface area contributed by atoms with Crippen LogP contribution in [0.15, 0.2) is 4.99 Å². The molecule has 1 aliphatic heterocycles. The van der Waals surface area contributed by atoms with Gasteiger partial charge in [-0.2, -0.15) is 0 Å². The highest BCUT2D eigenvalue weighted by atomic mass is 16.5. The molecule has 1 rings (SSSR count). The van der Waals surface area contributed by atoms with E-state index in [4.69, 9.17) is 4.74 Å². The van der Waals surface area contributed by atoms with E-state index in [9.17, 15) is 0 Å². The maximum Gasteiger partial charge on any atom is 0.287 e. The van der Waals surface area contributed by atoms with Gasteiger partial charge in [0.25, 0.3) is 6.02 Å². The summed E-state index contributed by atoms with van der Waals surface area (Å²) in [7, 11) is 6.19. The summed E-state index contributed by atoms with van der Waals surface area (Å²) in [6.07, 6.45) is 0. The van der Waals surface area contributed by atoms with E-state index in [0.29, 0.717) is 12.1 Å². The molecule has 0 aromatic rings. The lowest BCUT2D eigenvalue weighted by atomic mass is 10.3. The third-order valence-electron chi connectivity index (χ3n) is 2.20. The Kier molecular flexibility index (Phi) is 3.75. The predicted octanol–water partition coefficient (Wildman–Crippen LogP) is 0.643. The second-order valence-corrected chi connectivity index (χ2v) is 4.34. The first-order valence-electron chi connectivity index (χ1n) is 5.09. The summed E-state index contributed by atoms with van der Waals surface area (Å²) in [5.74, 6) is 0. The average Bonchev–Trinajstić information content (AvgIpc) is 2.34.